The number of benzene rings is 1. The second-order valence-corrected chi connectivity index (χ2v) is 3.59. The number of nitriles is 1. The Morgan fingerprint density at radius 1 is 1.47 bits per heavy atom. The Balaban J connectivity index is 2.62. The van der Waals surface area contributed by atoms with Crippen LogP contribution in [0.1, 0.15) is 19.4 Å². The lowest BCUT2D eigenvalue weighted by Gasteiger charge is -2.10. The maximum atomic E-state index is 9.02. The second kappa shape index (κ2) is 3.66. The molecule has 1 atom stereocenters. The zero-order chi connectivity index (χ0) is 10.8. The van der Waals surface area contributed by atoms with E-state index in [2.05, 4.69) is 6.07 Å². The van der Waals surface area contributed by atoms with Gasteiger partial charge in [-0.15, -0.1) is 0 Å². The number of rotatable bonds is 2. The summed E-state index contributed by atoms with van der Waals surface area (Å²) in [6.45, 7) is 2.01. The average molecular weight is 199 g/mol. The van der Waals surface area contributed by atoms with Crippen molar-refractivity contribution in [3.8, 4) is 6.07 Å². The Bertz CT molecular complexity index is 519. The summed E-state index contributed by atoms with van der Waals surface area (Å²) in [6.07, 6.45) is 2.75. The van der Waals surface area contributed by atoms with E-state index in [4.69, 9.17) is 11.0 Å². The van der Waals surface area contributed by atoms with E-state index in [0.29, 0.717) is 0 Å². The van der Waals surface area contributed by atoms with Gasteiger partial charge in [0.05, 0.1) is 11.6 Å². The highest BCUT2D eigenvalue weighted by Crippen LogP contribution is 2.23. The van der Waals surface area contributed by atoms with E-state index in [1.165, 1.54) is 0 Å². The van der Waals surface area contributed by atoms with Gasteiger partial charge in [0.2, 0.25) is 0 Å². The summed E-state index contributed by atoms with van der Waals surface area (Å²) in [6, 6.07) is 9.95. The minimum Gasteiger partial charge on any atom is -0.399 e. The third-order valence-corrected chi connectivity index (χ3v) is 2.62. The average Bonchev–Trinajstić information content (AvgIpc) is 2.64. The molecule has 15 heavy (non-hydrogen) atoms. The van der Waals surface area contributed by atoms with Crippen LogP contribution in [0.5, 0.6) is 0 Å². The van der Waals surface area contributed by atoms with E-state index in [0.717, 1.165) is 23.0 Å². The number of fused-ring (bicyclic) bond motifs is 1. The number of hydrogen-bond donors (Lipinski definition) is 1. The lowest BCUT2D eigenvalue weighted by Crippen LogP contribution is -2.03. The molecule has 1 unspecified atom stereocenters. The van der Waals surface area contributed by atoms with Gasteiger partial charge in [-0.1, -0.05) is 13.0 Å². The highest BCUT2D eigenvalue weighted by molar-refractivity contribution is 5.83. The van der Waals surface area contributed by atoms with Crippen LogP contribution in [0.3, 0.4) is 0 Å². The van der Waals surface area contributed by atoms with E-state index in [1.807, 2.05) is 42.0 Å². The maximum Gasteiger partial charge on any atom is 0.120 e. The van der Waals surface area contributed by atoms with Crippen molar-refractivity contribution in [1.82, 2.24) is 4.57 Å². The van der Waals surface area contributed by atoms with Gasteiger partial charge in [-0.2, -0.15) is 5.26 Å². The fourth-order valence-electron chi connectivity index (χ4n) is 1.79. The first-order valence-corrected chi connectivity index (χ1v) is 5.02. The van der Waals surface area contributed by atoms with Gasteiger partial charge in [0.1, 0.15) is 6.04 Å². The van der Waals surface area contributed by atoms with Crippen molar-refractivity contribution < 1.29 is 0 Å². The molecular formula is C12H13N3. The monoisotopic (exact) mass is 199 g/mol. The van der Waals surface area contributed by atoms with E-state index in [-0.39, 0.29) is 6.04 Å². The first kappa shape index (κ1) is 9.60. The molecule has 0 aliphatic rings. The van der Waals surface area contributed by atoms with Crippen molar-refractivity contribution >= 4 is 16.6 Å². The predicted molar refractivity (Wildman–Crippen MR) is 61.3 cm³/mol. The summed E-state index contributed by atoms with van der Waals surface area (Å²) < 4.78 is 1.98. The molecule has 2 rings (SSSR count). The van der Waals surface area contributed by atoms with Crippen LogP contribution in [0.25, 0.3) is 10.9 Å². The Morgan fingerprint density at radius 3 is 2.93 bits per heavy atom. The SMILES string of the molecule is CCC(C#N)n1ccc2ccc(N)cc21. The Hall–Kier alpha value is -1.95. The molecule has 0 saturated heterocycles. The van der Waals surface area contributed by atoms with Gasteiger partial charge in [0, 0.05) is 11.9 Å². The number of nitrogens with two attached hydrogens (primary N) is 1. The van der Waals surface area contributed by atoms with Crippen molar-refractivity contribution in [2.75, 3.05) is 5.73 Å². The van der Waals surface area contributed by atoms with Crippen LogP contribution in [-0.2, 0) is 0 Å². The fraction of sp³-hybridized carbons (Fsp3) is 0.250. The molecule has 3 heteroatoms. The molecule has 1 heterocycles. The third-order valence-electron chi connectivity index (χ3n) is 2.62. The molecule has 1 aromatic heterocycles. The minimum absolute atomic E-state index is 0.107. The van der Waals surface area contributed by atoms with E-state index < -0.39 is 0 Å². The molecule has 0 bridgehead atoms. The van der Waals surface area contributed by atoms with Gasteiger partial charge in [0.15, 0.2) is 0 Å². The number of aromatic nitrogens is 1. The number of nitrogens with zero attached hydrogens (tertiary/aromatic N) is 2. The fourth-order valence-corrected chi connectivity index (χ4v) is 1.79. The zero-order valence-electron chi connectivity index (χ0n) is 8.64. The topological polar surface area (TPSA) is 54.7 Å². The van der Waals surface area contributed by atoms with Gasteiger partial charge in [-0.3, -0.25) is 0 Å². The Kier molecular flexibility index (Phi) is 2.34. The Morgan fingerprint density at radius 2 is 2.27 bits per heavy atom. The number of hydrogen-bond acceptors (Lipinski definition) is 2. The van der Waals surface area contributed by atoms with Crippen LogP contribution in [0.15, 0.2) is 30.5 Å². The molecule has 0 amide bonds. The lowest BCUT2D eigenvalue weighted by atomic mass is 10.2. The lowest BCUT2D eigenvalue weighted by molar-refractivity contribution is 0.617. The van der Waals surface area contributed by atoms with Gasteiger partial charge >= 0.3 is 0 Å². The molecule has 0 radical (unpaired) electrons. The molecule has 76 valence electrons. The summed E-state index contributed by atoms with van der Waals surface area (Å²) in [7, 11) is 0. The molecular weight excluding hydrogens is 186 g/mol. The second-order valence-electron chi connectivity index (χ2n) is 3.59. The van der Waals surface area contributed by atoms with Crippen LogP contribution in [0.4, 0.5) is 5.69 Å². The molecule has 3 nitrogen and oxygen atoms in total. The Labute approximate surface area is 88.7 Å². The van der Waals surface area contributed by atoms with E-state index in [9.17, 15) is 0 Å². The summed E-state index contributed by atoms with van der Waals surface area (Å²) in [5.41, 5.74) is 7.50. The maximum absolute atomic E-state index is 9.02. The van der Waals surface area contributed by atoms with Gasteiger partial charge in [-0.25, -0.2) is 0 Å². The highest BCUT2D eigenvalue weighted by atomic mass is 15.0. The van der Waals surface area contributed by atoms with Crippen molar-refractivity contribution in [3.63, 3.8) is 0 Å². The predicted octanol–water partition coefficient (Wildman–Crippen LogP) is 2.70. The molecule has 1 aromatic carbocycles. The third kappa shape index (κ3) is 1.55. The highest BCUT2D eigenvalue weighted by Gasteiger charge is 2.09. The quantitative estimate of drug-likeness (QED) is 0.756. The molecule has 0 aliphatic carbocycles. The molecule has 0 saturated carbocycles. The van der Waals surface area contributed by atoms with E-state index in [1.54, 1.807) is 0 Å². The van der Waals surface area contributed by atoms with Crippen LogP contribution in [0, 0.1) is 11.3 Å². The summed E-state index contributed by atoms with van der Waals surface area (Å²) in [4.78, 5) is 0. The van der Waals surface area contributed by atoms with Crippen molar-refractivity contribution in [1.29, 1.82) is 5.26 Å². The van der Waals surface area contributed by atoms with Crippen molar-refractivity contribution in [2.24, 2.45) is 0 Å². The van der Waals surface area contributed by atoms with Gasteiger partial charge < -0.3 is 10.3 Å². The number of anilines is 1. The van der Waals surface area contributed by atoms with Crippen molar-refractivity contribution in [3.05, 3.63) is 30.5 Å². The minimum atomic E-state index is -0.107. The van der Waals surface area contributed by atoms with Crippen molar-refractivity contribution in [2.45, 2.75) is 19.4 Å². The smallest absolute Gasteiger partial charge is 0.120 e. The van der Waals surface area contributed by atoms with E-state index >= 15 is 0 Å². The molecule has 2 N–H and O–H groups in total. The molecule has 0 aliphatic heterocycles. The first-order chi connectivity index (χ1) is 7.26. The van der Waals surface area contributed by atoms with Crippen LogP contribution < -0.4 is 5.73 Å². The summed E-state index contributed by atoms with van der Waals surface area (Å²) >= 11 is 0. The molecule has 0 spiro atoms. The number of nitrogen functional groups attached to an aromatic ring is 1. The van der Waals surface area contributed by atoms with Gasteiger partial charge in [0.25, 0.3) is 0 Å². The van der Waals surface area contributed by atoms with Gasteiger partial charge in [-0.05, 0) is 30.0 Å². The van der Waals surface area contributed by atoms with Crippen LogP contribution >= 0.6 is 0 Å². The summed E-state index contributed by atoms with van der Waals surface area (Å²) in [5.74, 6) is 0. The van der Waals surface area contributed by atoms with Crippen LogP contribution in [-0.4, -0.2) is 4.57 Å². The normalized spacial score (nSPS) is 12.5. The summed E-state index contributed by atoms with van der Waals surface area (Å²) in [5, 5.41) is 10.1. The molecule has 2 aromatic rings. The zero-order valence-corrected chi connectivity index (χ0v) is 8.64. The van der Waals surface area contributed by atoms with Crippen LogP contribution in [0.2, 0.25) is 0 Å². The largest absolute Gasteiger partial charge is 0.399 e. The first-order valence-electron chi connectivity index (χ1n) is 5.02. The molecule has 0 fully saturated rings. The standard InChI is InChI=1S/C12H13N3/c1-2-11(8-13)15-6-5-9-3-4-10(14)7-12(9)15/h3-7,11H,2,14H2,1H3.